The third kappa shape index (κ3) is 4.90. The van der Waals surface area contributed by atoms with Crippen LogP contribution in [0, 0.1) is 5.92 Å². The molecule has 2 N–H and O–H groups in total. The lowest BCUT2D eigenvalue weighted by Crippen LogP contribution is -2.20. The molecule has 0 radical (unpaired) electrons. The predicted octanol–water partition coefficient (Wildman–Crippen LogP) is 3.17. The molecule has 6 nitrogen and oxygen atoms in total. The number of fused-ring (bicyclic) bond motifs is 1. The fourth-order valence-corrected chi connectivity index (χ4v) is 4.84. The van der Waals surface area contributed by atoms with E-state index < -0.39 is 9.84 Å². The molecule has 3 rings (SSSR count). The normalized spacial score (nSPS) is 16.8. The summed E-state index contributed by atoms with van der Waals surface area (Å²) in [6.07, 6.45) is -0.146. The van der Waals surface area contributed by atoms with Crippen molar-refractivity contribution in [3.8, 4) is 0 Å². The molecule has 0 unspecified atom stereocenters. The van der Waals surface area contributed by atoms with Gasteiger partial charge in [0.2, 0.25) is 11.8 Å². The van der Waals surface area contributed by atoms with Crippen molar-refractivity contribution in [3.05, 3.63) is 48.5 Å². The number of sulfone groups is 1. The van der Waals surface area contributed by atoms with Gasteiger partial charge in [0.1, 0.15) is 0 Å². The van der Waals surface area contributed by atoms with Gasteiger partial charge in [-0.1, -0.05) is 25.1 Å². The molecule has 8 heteroatoms. The Balaban J connectivity index is 1.69. The van der Waals surface area contributed by atoms with E-state index in [9.17, 15) is 18.0 Å². The summed E-state index contributed by atoms with van der Waals surface area (Å²) in [6.45, 7) is 1.83. The largest absolute Gasteiger partial charge is 0.326 e. The minimum atomic E-state index is -3.65. The highest BCUT2D eigenvalue weighted by Crippen LogP contribution is 2.34. The fraction of sp³-hybridized carbons (Fsp3) is 0.263. The van der Waals surface area contributed by atoms with Gasteiger partial charge in [0.15, 0.2) is 9.84 Å². The van der Waals surface area contributed by atoms with E-state index >= 15 is 0 Å². The maximum Gasteiger partial charge on any atom is 0.228 e. The van der Waals surface area contributed by atoms with Gasteiger partial charge in [-0.15, -0.1) is 11.8 Å². The third-order valence-corrected chi connectivity index (χ3v) is 7.21. The van der Waals surface area contributed by atoms with Gasteiger partial charge < -0.3 is 10.6 Å². The Morgan fingerprint density at radius 1 is 1.22 bits per heavy atom. The van der Waals surface area contributed by atoms with Crippen molar-refractivity contribution in [2.75, 3.05) is 22.1 Å². The second-order valence-electron chi connectivity index (χ2n) is 6.34. The van der Waals surface area contributed by atoms with Crippen LogP contribution in [0.2, 0.25) is 0 Å². The van der Waals surface area contributed by atoms with E-state index in [0.29, 0.717) is 17.1 Å². The minimum absolute atomic E-state index is 0.101. The van der Waals surface area contributed by atoms with Crippen LogP contribution >= 0.6 is 11.8 Å². The summed E-state index contributed by atoms with van der Waals surface area (Å²) >= 11 is 1.52. The van der Waals surface area contributed by atoms with Crippen molar-refractivity contribution in [1.82, 2.24) is 0 Å². The second-order valence-corrected chi connectivity index (χ2v) is 9.51. The molecule has 0 aliphatic carbocycles. The first kappa shape index (κ1) is 19.4. The summed E-state index contributed by atoms with van der Waals surface area (Å²) in [5.74, 6) is -0.300. The molecular formula is C19H20N2O4S2. The van der Waals surface area contributed by atoms with Gasteiger partial charge in [-0.2, -0.15) is 0 Å². The molecule has 142 valence electrons. The molecule has 2 aromatic rings. The molecule has 2 amide bonds. The third-order valence-electron chi connectivity index (χ3n) is 4.16. The molecule has 1 atom stereocenters. The van der Waals surface area contributed by atoms with Gasteiger partial charge in [-0.25, -0.2) is 8.42 Å². The van der Waals surface area contributed by atoms with Crippen molar-refractivity contribution < 1.29 is 18.0 Å². The summed E-state index contributed by atoms with van der Waals surface area (Å²) in [5.41, 5.74) is 1.13. The average Bonchev–Trinajstić information content (AvgIpc) is 2.79. The Morgan fingerprint density at radius 3 is 2.70 bits per heavy atom. The standard InChI is InChI=1S/C19H20N2O4S2/c1-13-12-26-17-8-7-15(11-16(17)21-19(13)23)27(24,25)10-9-18(22)20-14-5-3-2-4-6-14/h2-8,11,13H,9-10,12H2,1H3,(H,20,22)(H,21,23)/t13-/m1/s1. The van der Waals surface area contributed by atoms with Gasteiger partial charge in [0.05, 0.1) is 16.3 Å². The zero-order valence-electron chi connectivity index (χ0n) is 14.8. The summed E-state index contributed by atoms with van der Waals surface area (Å²) in [6, 6.07) is 13.6. The molecule has 1 heterocycles. The number of carbonyl (C=O) groups excluding carboxylic acids is 2. The Morgan fingerprint density at radius 2 is 1.96 bits per heavy atom. The lowest BCUT2D eigenvalue weighted by Gasteiger charge is -2.10. The number of hydrogen-bond acceptors (Lipinski definition) is 5. The highest BCUT2D eigenvalue weighted by atomic mass is 32.2. The zero-order chi connectivity index (χ0) is 19.4. The Kier molecular flexibility index (Phi) is 5.86. The first-order valence-corrected chi connectivity index (χ1v) is 11.1. The van der Waals surface area contributed by atoms with E-state index in [0.717, 1.165) is 4.90 Å². The molecular weight excluding hydrogens is 384 g/mol. The number of carbonyl (C=O) groups is 2. The van der Waals surface area contributed by atoms with E-state index in [1.54, 1.807) is 30.3 Å². The minimum Gasteiger partial charge on any atom is -0.326 e. The van der Waals surface area contributed by atoms with Crippen LogP contribution in [0.4, 0.5) is 11.4 Å². The lowest BCUT2D eigenvalue weighted by atomic mass is 10.2. The molecule has 0 bridgehead atoms. The van der Waals surface area contributed by atoms with Gasteiger partial charge in [0, 0.05) is 28.7 Å². The van der Waals surface area contributed by atoms with Gasteiger partial charge in [-0.05, 0) is 30.3 Å². The van der Waals surface area contributed by atoms with E-state index in [1.165, 1.54) is 23.9 Å². The van der Waals surface area contributed by atoms with Gasteiger partial charge >= 0.3 is 0 Å². The topological polar surface area (TPSA) is 92.3 Å². The summed E-state index contributed by atoms with van der Waals surface area (Å²) in [7, 11) is -3.65. The van der Waals surface area contributed by atoms with Crippen LogP contribution in [0.1, 0.15) is 13.3 Å². The fourth-order valence-electron chi connectivity index (χ4n) is 2.56. The van der Waals surface area contributed by atoms with E-state index in [1.807, 2.05) is 13.0 Å². The Bertz CT molecular complexity index is 959. The van der Waals surface area contributed by atoms with E-state index in [-0.39, 0.29) is 34.8 Å². The van der Waals surface area contributed by atoms with E-state index in [2.05, 4.69) is 10.6 Å². The smallest absolute Gasteiger partial charge is 0.228 e. The van der Waals surface area contributed by atoms with Gasteiger partial charge in [0.25, 0.3) is 0 Å². The number of thioether (sulfide) groups is 1. The molecule has 1 aliphatic rings. The summed E-state index contributed by atoms with van der Waals surface area (Å²) in [5, 5.41) is 5.45. The Hall–Kier alpha value is -2.32. The number of benzene rings is 2. The molecule has 1 aliphatic heterocycles. The number of hydrogen-bond donors (Lipinski definition) is 2. The predicted molar refractivity (Wildman–Crippen MR) is 107 cm³/mol. The quantitative estimate of drug-likeness (QED) is 0.799. The van der Waals surface area contributed by atoms with Crippen LogP contribution in [-0.4, -0.2) is 31.7 Å². The van der Waals surface area contributed by atoms with Crippen LogP contribution in [0.25, 0.3) is 0 Å². The van der Waals surface area contributed by atoms with E-state index in [4.69, 9.17) is 0 Å². The molecule has 27 heavy (non-hydrogen) atoms. The van der Waals surface area contributed by atoms with Crippen LogP contribution in [0.3, 0.4) is 0 Å². The van der Waals surface area contributed by atoms with Crippen molar-refractivity contribution in [1.29, 1.82) is 0 Å². The second kappa shape index (κ2) is 8.14. The maximum absolute atomic E-state index is 12.6. The zero-order valence-corrected chi connectivity index (χ0v) is 16.4. The van der Waals surface area contributed by atoms with Crippen molar-refractivity contribution in [2.45, 2.75) is 23.1 Å². The number of para-hydroxylation sites is 1. The lowest BCUT2D eigenvalue weighted by molar-refractivity contribution is -0.118. The molecule has 0 fully saturated rings. The van der Waals surface area contributed by atoms with Crippen molar-refractivity contribution in [3.63, 3.8) is 0 Å². The maximum atomic E-state index is 12.6. The van der Waals surface area contributed by atoms with Crippen LogP contribution in [-0.2, 0) is 19.4 Å². The number of anilines is 2. The molecule has 0 spiro atoms. The highest BCUT2D eigenvalue weighted by molar-refractivity contribution is 7.99. The highest BCUT2D eigenvalue weighted by Gasteiger charge is 2.23. The monoisotopic (exact) mass is 404 g/mol. The molecule has 2 aromatic carbocycles. The summed E-state index contributed by atoms with van der Waals surface area (Å²) < 4.78 is 25.2. The van der Waals surface area contributed by atoms with Crippen LogP contribution < -0.4 is 10.6 Å². The van der Waals surface area contributed by atoms with Crippen LogP contribution in [0.5, 0.6) is 0 Å². The Labute approximate surface area is 162 Å². The number of rotatable bonds is 5. The van der Waals surface area contributed by atoms with Gasteiger partial charge in [-0.3, -0.25) is 9.59 Å². The number of amides is 2. The molecule has 0 saturated heterocycles. The SMILES string of the molecule is C[C@@H]1CSc2ccc(S(=O)(=O)CCC(=O)Nc3ccccc3)cc2NC1=O. The van der Waals surface area contributed by atoms with Crippen molar-refractivity contribution in [2.24, 2.45) is 5.92 Å². The first-order chi connectivity index (χ1) is 12.8. The average molecular weight is 405 g/mol. The van der Waals surface area contributed by atoms with Crippen LogP contribution in [0.15, 0.2) is 58.3 Å². The molecule has 0 saturated carbocycles. The van der Waals surface area contributed by atoms with Crippen molar-refractivity contribution >= 4 is 44.8 Å². The number of nitrogens with one attached hydrogen (secondary N) is 2. The molecule has 0 aromatic heterocycles. The summed E-state index contributed by atoms with van der Waals surface area (Å²) in [4.78, 5) is 25.0. The first-order valence-electron chi connectivity index (χ1n) is 8.50.